The summed E-state index contributed by atoms with van der Waals surface area (Å²) in [5.74, 6) is -0.960. The summed E-state index contributed by atoms with van der Waals surface area (Å²) in [7, 11) is 0. The van der Waals surface area contributed by atoms with Crippen LogP contribution in [0.2, 0.25) is 0 Å². The van der Waals surface area contributed by atoms with Gasteiger partial charge in [0.15, 0.2) is 0 Å². The molecular formula is C12H13N3O2S. The molecule has 1 heterocycles. The second-order valence-electron chi connectivity index (χ2n) is 4.61. The molecule has 0 unspecified atom stereocenters. The van der Waals surface area contributed by atoms with Crippen LogP contribution in [0.1, 0.15) is 23.2 Å². The van der Waals surface area contributed by atoms with Crippen molar-refractivity contribution in [2.75, 3.05) is 6.26 Å². The molecule has 0 bridgehead atoms. The van der Waals surface area contributed by atoms with Crippen LogP contribution in [0.4, 0.5) is 0 Å². The van der Waals surface area contributed by atoms with Crippen molar-refractivity contribution in [3.05, 3.63) is 23.8 Å². The highest BCUT2D eigenvalue weighted by Crippen LogP contribution is 2.48. The van der Waals surface area contributed by atoms with E-state index >= 15 is 0 Å². The molecule has 3 rings (SSSR count). The molecule has 1 aliphatic rings. The third kappa shape index (κ3) is 1.77. The summed E-state index contributed by atoms with van der Waals surface area (Å²) < 4.78 is 2.10. The highest BCUT2D eigenvalue weighted by molar-refractivity contribution is 8.00. The monoisotopic (exact) mass is 263 g/mol. The minimum absolute atomic E-state index is 0.216. The van der Waals surface area contributed by atoms with Crippen LogP contribution in [0.5, 0.6) is 0 Å². The Labute approximate surface area is 108 Å². The van der Waals surface area contributed by atoms with Gasteiger partial charge < -0.3 is 5.11 Å². The van der Waals surface area contributed by atoms with Crippen molar-refractivity contribution in [2.24, 2.45) is 0 Å². The van der Waals surface area contributed by atoms with Crippen LogP contribution in [-0.2, 0) is 6.54 Å². The summed E-state index contributed by atoms with van der Waals surface area (Å²) >= 11 is 1.85. The highest BCUT2D eigenvalue weighted by atomic mass is 32.2. The molecule has 6 heteroatoms. The van der Waals surface area contributed by atoms with Crippen molar-refractivity contribution >= 4 is 28.8 Å². The van der Waals surface area contributed by atoms with Crippen LogP contribution in [0.15, 0.2) is 18.2 Å². The number of aromatic carboxylic acids is 1. The maximum Gasteiger partial charge on any atom is 0.338 e. The van der Waals surface area contributed by atoms with E-state index in [9.17, 15) is 4.79 Å². The van der Waals surface area contributed by atoms with Crippen LogP contribution in [-0.4, -0.2) is 37.1 Å². The number of thioether (sulfide) groups is 1. The number of fused-ring (bicyclic) bond motifs is 1. The molecule has 0 radical (unpaired) electrons. The van der Waals surface area contributed by atoms with Gasteiger partial charge in [0.1, 0.15) is 5.52 Å². The SMILES string of the molecule is CSC1(Cn2nnc3c(C(=O)O)cccc32)CC1. The molecule has 0 amide bonds. The van der Waals surface area contributed by atoms with Gasteiger partial charge in [-0.3, -0.25) is 0 Å². The van der Waals surface area contributed by atoms with Gasteiger partial charge in [0, 0.05) is 4.75 Å². The molecule has 0 atom stereocenters. The lowest BCUT2D eigenvalue weighted by molar-refractivity contribution is 0.0699. The fourth-order valence-corrected chi connectivity index (χ4v) is 2.88. The zero-order valence-corrected chi connectivity index (χ0v) is 10.8. The lowest BCUT2D eigenvalue weighted by Gasteiger charge is -2.11. The largest absolute Gasteiger partial charge is 0.478 e. The van der Waals surface area contributed by atoms with E-state index in [1.807, 2.05) is 22.5 Å². The topological polar surface area (TPSA) is 68.0 Å². The summed E-state index contributed by atoms with van der Waals surface area (Å²) in [4.78, 5) is 11.1. The summed E-state index contributed by atoms with van der Waals surface area (Å²) in [5.41, 5.74) is 1.49. The van der Waals surface area contributed by atoms with Crippen molar-refractivity contribution in [1.29, 1.82) is 0 Å². The summed E-state index contributed by atoms with van der Waals surface area (Å²) in [6, 6.07) is 5.17. The van der Waals surface area contributed by atoms with Gasteiger partial charge in [-0.1, -0.05) is 11.3 Å². The maximum atomic E-state index is 11.1. The Kier molecular flexibility index (Phi) is 2.55. The molecular weight excluding hydrogens is 250 g/mol. The van der Waals surface area contributed by atoms with Crippen LogP contribution in [0, 0.1) is 0 Å². The molecule has 1 aliphatic carbocycles. The molecule has 0 aliphatic heterocycles. The minimum atomic E-state index is -0.960. The predicted molar refractivity (Wildman–Crippen MR) is 70.0 cm³/mol. The molecule has 1 fully saturated rings. The van der Waals surface area contributed by atoms with Gasteiger partial charge in [0.05, 0.1) is 17.6 Å². The Morgan fingerprint density at radius 3 is 2.94 bits per heavy atom. The van der Waals surface area contributed by atoms with Gasteiger partial charge in [-0.05, 0) is 31.2 Å². The van der Waals surface area contributed by atoms with E-state index in [-0.39, 0.29) is 10.3 Å². The molecule has 18 heavy (non-hydrogen) atoms. The Morgan fingerprint density at radius 2 is 2.33 bits per heavy atom. The quantitative estimate of drug-likeness (QED) is 0.914. The summed E-state index contributed by atoms with van der Waals surface area (Å²) in [6.45, 7) is 0.799. The third-order valence-electron chi connectivity index (χ3n) is 3.45. The van der Waals surface area contributed by atoms with Crippen LogP contribution >= 0.6 is 11.8 Å². The van der Waals surface area contributed by atoms with E-state index in [0.717, 1.165) is 12.1 Å². The van der Waals surface area contributed by atoms with Gasteiger partial charge in [0.25, 0.3) is 0 Å². The maximum absolute atomic E-state index is 11.1. The molecule has 0 saturated heterocycles. The van der Waals surface area contributed by atoms with Gasteiger partial charge in [0.2, 0.25) is 0 Å². The second kappa shape index (κ2) is 3.98. The molecule has 1 N–H and O–H groups in total. The lowest BCUT2D eigenvalue weighted by Crippen LogP contribution is -2.14. The van der Waals surface area contributed by atoms with Gasteiger partial charge in [-0.15, -0.1) is 5.10 Å². The first kappa shape index (κ1) is 11.5. The standard InChI is InChI=1S/C12H13N3O2S/c1-18-12(5-6-12)7-15-9-4-2-3-8(11(16)17)10(9)13-14-15/h2-4H,5-7H2,1H3,(H,16,17). The number of hydrogen-bond acceptors (Lipinski definition) is 4. The van der Waals surface area contributed by atoms with Crippen LogP contribution in [0.25, 0.3) is 11.0 Å². The van der Waals surface area contributed by atoms with E-state index in [4.69, 9.17) is 5.11 Å². The molecule has 0 spiro atoms. The third-order valence-corrected chi connectivity index (χ3v) is 4.86. The number of hydrogen-bond donors (Lipinski definition) is 1. The van der Waals surface area contributed by atoms with E-state index in [1.165, 1.54) is 12.8 Å². The van der Waals surface area contributed by atoms with E-state index in [1.54, 1.807) is 12.1 Å². The average molecular weight is 263 g/mol. The summed E-state index contributed by atoms with van der Waals surface area (Å²) in [6.07, 6.45) is 4.48. The van der Waals surface area contributed by atoms with E-state index < -0.39 is 5.97 Å². The Morgan fingerprint density at radius 1 is 1.56 bits per heavy atom. The summed E-state index contributed by atoms with van der Waals surface area (Å²) in [5, 5.41) is 17.2. The molecule has 5 nitrogen and oxygen atoms in total. The van der Waals surface area contributed by atoms with Crippen molar-refractivity contribution in [1.82, 2.24) is 15.0 Å². The zero-order chi connectivity index (χ0) is 12.8. The second-order valence-corrected chi connectivity index (χ2v) is 5.89. The fraction of sp³-hybridized carbons (Fsp3) is 0.417. The average Bonchev–Trinajstić information content (AvgIpc) is 3.03. The van der Waals surface area contributed by atoms with E-state index in [0.29, 0.717) is 5.52 Å². The predicted octanol–water partition coefficient (Wildman–Crippen LogP) is 2.03. The number of aromatic nitrogens is 3. The Hall–Kier alpha value is -1.56. The van der Waals surface area contributed by atoms with Crippen molar-refractivity contribution in [3.8, 4) is 0 Å². The Balaban J connectivity index is 2.04. The van der Waals surface area contributed by atoms with Gasteiger partial charge in [-0.2, -0.15) is 11.8 Å². The minimum Gasteiger partial charge on any atom is -0.478 e. The van der Waals surface area contributed by atoms with Crippen molar-refractivity contribution < 1.29 is 9.90 Å². The normalized spacial score (nSPS) is 16.9. The number of rotatable bonds is 4. The molecule has 1 aromatic carbocycles. The van der Waals surface area contributed by atoms with Crippen molar-refractivity contribution in [3.63, 3.8) is 0 Å². The molecule has 1 aromatic heterocycles. The van der Waals surface area contributed by atoms with Crippen molar-refractivity contribution in [2.45, 2.75) is 24.1 Å². The number of benzene rings is 1. The van der Waals surface area contributed by atoms with Crippen LogP contribution < -0.4 is 0 Å². The van der Waals surface area contributed by atoms with E-state index in [2.05, 4.69) is 16.6 Å². The first-order chi connectivity index (χ1) is 8.65. The highest BCUT2D eigenvalue weighted by Gasteiger charge is 2.42. The van der Waals surface area contributed by atoms with Crippen LogP contribution in [0.3, 0.4) is 0 Å². The Bertz CT molecular complexity index is 619. The number of carbonyl (C=O) groups is 1. The number of nitrogens with zero attached hydrogens (tertiary/aromatic N) is 3. The van der Waals surface area contributed by atoms with Gasteiger partial charge >= 0.3 is 5.97 Å². The zero-order valence-electron chi connectivity index (χ0n) is 9.96. The first-order valence-corrected chi connectivity index (χ1v) is 6.98. The molecule has 1 saturated carbocycles. The number of carboxylic acid groups (broad SMARTS) is 1. The fourth-order valence-electron chi connectivity index (χ4n) is 2.12. The lowest BCUT2D eigenvalue weighted by atomic mass is 10.2. The van der Waals surface area contributed by atoms with Gasteiger partial charge in [-0.25, -0.2) is 9.48 Å². The molecule has 2 aromatic rings. The first-order valence-electron chi connectivity index (χ1n) is 5.76. The molecule has 94 valence electrons. The smallest absolute Gasteiger partial charge is 0.338 e. The number of carboxylic acids is 1.